The van der Waals surface area contributed by atoms with Gasteiger partial charge in [-0.3, -0.25) is 4.79 Å². The third-order valence-corrected chi connectivity index (χ3v) is 2.81. The Morgan fingerprint density at radius 2 is 1.94 bits per heavy atom. The van der Waals surface area contributed by atoms with Gasteiger partial charge in [0.05, 0.1) is 0 Å². The first-order valence-electron chi connectivity index (χ1n) is 5.85. The lowest BCUT2D eigenvalue weighted by molar-refractivity contribution is -0.138. The predicted octanol–water partition coefficient (Wildman–Crippen LogP) is 0.489. The molecule has 0 aromatic carbocycles. The number of rotatable bonds is 7. The lowest BCUT2D eigenvalue weighted by Gasteiger charge is -2.23. The topological polar surface area (TPSA) is 81.7 Å². The van der Waals surface area contributed by atoms with E-state index in [-0.39, 0.29) is 0 Å². The van der Waals surface area contributed by atoms with Gasteiger partial charge in [-0.15, -0.1) is 0 Å². The van der Waals surface area contributed by atoms with E-state index in [0.29, 0.717) is 12.6 Å². The maximum atomic E-state index is 11.3. The molecule has 0 fully saturated rings. The molecule has 17 heavy (non-hydrogen) atoms. The number of carboxylic acid groups (broad SMARTS) is 1. The van der Waals surface area contributed by atoms with Crippen molar-refractivity contribution >= 4 is 12.0 Å². The van der Waals surface area contributed by atoms with Crippen molar-refractivity contribution in [3.8, 4) is 0 Å². The summed E-state index contributed by atoms with van der Waals surface area (Å²) in [5.74, 6) is -1.04. The van der Waals surface area contributed by atoms with E-state index in [9.17, 15) is 9.59 Å². The van der Waals surface area contributed by atoms with Crippen LogP contribution in [0.2, 0.25) is 0 Å². The molecule has 6 heteroatoms. The number of aliphatic carboxylic acids is 1. The minimum atomic E-state index is -1.04. The van der Waals surface area contributed by atoms with Gasteiger partial charge in [0, 0.05) is 19.1 Å². The van der Waals surface area contributed by atoms with Gasteiger partial charge in [0.2, 0.25) is 0 Å². The number of hydrogen-bond donors (Lipinski definition) is 3. The van der Waals surface area contributed by atoms with Crippen LogP contribution in [0.3, 0.4) is 0 Å². The highest BCUT2D eigenvalue weighted by Crippen LogP contribution is 1.97. The third-order valence-electron chi connectivity index (χ3n) is 2.81. The average Bonchev–Trinajstić information content (AvgIpc) is 2.27. The van der Waals surface area contributed by atoms with Gasteiger partial charge >= 0.3 is 12.0 Å². The number of amides is 2. The highest BCUT2D eigenvalue weighted by Gasteiger charge is 2.13. The smallest absolute Gasteiger partial charge is 0.325 e. The largest absolute Gasteiger partial charge is 0.480 e. The van der Waals surface area contributed by atoms with Crippen molar-refractivity contribution < 1.29 is 14.7 Å². The minimum absolute atomic E-state index is 0.447. The van der Waals surface area contributed by atoms with E-state index < -0.39 is 18.0 Å². The number of urea groups is 1. The van der Waals surface area contributed by atoms with Gasteiger partial charge in [-0.05, 0) is 27.3 Å². The van der Waals surface area contributed by atoms with Crippen LogP contribution in [0.15, 0.2) is 0 Å². The normalized spacial score (nSPS) is 14.2. The lowest BCUT2D eigenvalue weighted by Crippen LogP contribution is -2.46. The van der Waals surface area contributed by atoms with Crippen molar-refractivity contribution in [3.05, 3.63) is 0 Å². The van der Waals surface area contributed by atoms with E-state index >= 15 is 0 Å². The maximum Gasteiger partial charge on any atom is 0.325 e. The Morgan fingerprint density at radius 3 is 2.41 bits per heavy atom. The monoisotopic (exact) mass is 245 g/mol. The summed E-state index contributed by atoms with van der Waals surface area (Å²) >= 11 is 0. The molecule has 3 N–H and O–H groups in total. The third kappa shape index (κ3) is 6.78. The Hall–Kier alpha value is -1.30. The predicted molar refractivity (Wildman–Crippen MR) is 66.0 cm³/mol. The van der Waals surface area contributed by atoms with Gasteiger partial charge < -0.3 is 20.6 Å². The van der Waals surface area contributed by atoms with Crippen LogP contribution < -0.4 is 10.6 Å². The van der Waals surface area contributed by atoms with E-state index in [2.05, 4.69) is 29.4 Å². The quantitative estimate of drug-likeness (QED) is 0.609. The highest BCUT2D eigenvalue weighted by molar-refractivity contribution is 5.82. The molecule has 0 aromatic rings. The van der Waals surface area contributed by atoms with Crippen molar-refractivity contribution in [1.82, 2.24) is 15.5 Å². The number of nitrogens with one attached hydrogen (secondary N) is 2. The zero-order valence-corrected chi connectivity index (χ0v) is 11.0. The van der Waals surface area contributed by atoms with Crippen LogP contribution in [0.1, 0.15) is 27.2 Å². The second-order valence-corrected chi connectivity index (χ2v) is 4.20. The molecule has 0 aromatic heterocycles. The van der Waals surface area contributed by atoms with Gasteiger partial charge in [-0.25, -0.2) is 4.79 Å². The molecule has 0 spiro atoms. The number of carbonyl (C=O) groups is 2. The minimum Gasteiger partial charge on any atom is -0.480 e. The summed E-state index contributed by atoms with van der Waals surface area (Å²) in [7, 11) is 1.99. The number of carboxylic acids is 1. The van der Waals surface area contributed by atoms with Gasteiger partial charge in [0.1, 0.15) is 6.04 Å². The molecule has 0 aliphatic heterocycles. The molecular weight excluding hydrogens is 222 g/mol. The van der Waals surface area contributed by atoms with Crippen LogP contribution in [0.4, 0.5) is 4.79 Å². The Labute approximate surface area is 102 Å². The van der Waals surface area contributed by atoms with Crippen molar-refractivity contribution in [2.24, 2.45) is 0 Å². The summed E-state index contributed by atoms with van der Waals surface area (Å²) < 4.78 is 0. The molecular formula is C11H23N3O3. The van der Waals surface area contributed by atoms with Gasteiger partial charge in [0.15, 0.2) is 0 Å². The molecule has 0 saturated carbocycles. The Kier molecular flexibility index (Phi) is 7.29. The molecule has 0 rings (SSSR count). The first-order valence-corrected chi connectivity index (χ1v) is 5.85. The molecule has 0 saturated heterocycles. The fraction of sp³-hybridized carbons (Fsp3) is 0.818. The van der Waals surface area contributed by atoms with Crippen LogP contribution in [-0.4, -0.2) is 54.2 Å². The van der Waals surface area contributed by atoms with Crippen LogP contribution in [0.25, 0.3) is 0 Å². The first-order chi connectivity index (χ1) is 7.88. The molecule has 0 aliphatic rings. The summed E-state index contributed by atoms with van der Waals surface area (Å²) in [6.07, 6.45) is 1.05. The molecule has 0 bridgehead atoms. The number of likely N-dealkylation sites (N-methyl/N-ethyl adjacent to an activating group) is 1. The number of carbonyl (C=O) groups excluding carboxylic acids is 1. The van der Waals surface area contributed by atoms with Crippen LogP contribution in [-0.2, 0) is 4.79 Å². The van der Waals surface area contributed by atoms with Crippen LogP contribution >= 0.6 is 0 Å². The Bertz CT molecular complexity index is 258. The van der Waals surface area contributed by atoms with E-state index in [1.54, 1.807) is 0 Å². The standard InChI is InChI=1S/C11H23N3O3/c1-5-8(2)14(4)7-6-12-11(17)13-9(3)10(15)16/h8-9H,5-7H2,1-4H3,(H,15,16)(H2,12,13,17)/t8?,9-/m1/s1. The van der Waals surface area contributed by atoms with E-state index in [1.807, 2.05) is 7.05 Å². The summed E-state index contributed by atoms with van der Waals surface area (Å²) in [6.45, 7) is 6.89. The van der Waals surface area contributed by atoms with Crippen LogP contribution in [0.5, 0.6) is 0 Å². The second kappa shape index (κ2) is 7.89. The maximum absolute atomic E-state index is 11.3. The first kappa shape index (κ1) is 15.7. The Balaban J connectivity index is 3.75. The van der Waals surface area contributed by atoms with Gasteiger partial charge in [-0.1, -0.05) is 6.92 Å². The molecule has 2 atom stereocenters. The fourth-order valence-electron chi connectivity index (χ4n) is 1.19. The van der Waals surface area contributed by atoms with E-state index in [0.717, 1.165) is 13.0 Å². The molecule has 100 valence electrons. The number of hydrogen-bond acceptors (Lipinski definition) is 3. The van der Waals surface area contributed by atoms with E-state index in [4.69, 9.17) is 5.11 Å². The summed E-state index contributed by atoms with van der Waals surface area (Å²) in [5.41, 5.74) is 0. The second-order valence-electron chi connectivity index (χ2n) is 4.20. The Morgan fingerprint density at radius 1 is 1.35 bits per heavy atom. The SMILES string of the molecule is CCC(C)N(C)CCNC(=O)N[C@H](C)C(=O)O. The summed E-state index contributed by atoms with van der Waals surface area (Å²) in [5, 5.41) is 13.5. The zero-order valence-electron chi connectivity index (χ0n) is 11.0. The molecule has 1 unspecified atom stereocenters. The highest BCUT2D eigenvalue weighted by atomic mass is 16.4. The lowest BCUT2D eigenvalue weighted by atomic mass is 10.2. The number of nitrogens with zero attached hydrogens (tertiary/aromatic N) is 1. The fourth-order valence-corrected chi connectivity index (χ4v) is 1.19. The zero-order chi connectivity index (χ0) is 13.4. The van der Waals surface area contributed by atoms with Gasteiger partial charge in [-0.2, -0.15) is 0 Å². The van der Waals surface area contributed by atoms with Crippen LogP contribution in [0, 0.1) is 0 Å². The molecule has 0 radical (unpaired) electrons. The van der Waals surface area contributed by atoms with Crippen molar-refractivity contribution in [1.29, 1.82) is 0 Å². The molecule has 0 heterocycles. The van der Waals surface area contributed by atoms with Crippen molar-refractivity contribution in [3.63, 3.8) is 0 Å². The average molecular weight is 245 g/mol. The molecule has 6 nitrogen and oxygen atoms in total. The molecule has 2 amide bonds. The van der Waals surface area contributed by atoms with E-state index in [1.165, 1.54) is 6.92 Å². The van der Waals surface area contributed by atoms with Crippen molar-refractivity contribution in [2.75, 3.05) is 20.1 Å². The molecule has 0 aliphatic carbocycles. The summed E-state index contributed by atoms with van der Waals surface area (Å²) in [4.78, 5) is 23.9. The van der Waals surface area contributed by atoms with Gasteiger partial charge in [0.25, 0.3) is 0 Å². The van der Waals surface area contributed by atoms with Crippen molar-refractivity contribution in [2.45, 2.75) is 39.3 Å². The summed E-state index contributed by atoms with van der Waals surface area (Å²) in [6, 6.07) is -0.849.